The minimum atomic E-state index is -0.759. The molecule has 0 N–H and O–H groups in total. The van der Waals surface area contributed by atoms with Gasteiger partial charge in [0, 0.05) is 52.3 Å². The summed E-state index contributed by atoms with van der Waals surface area (Å²) in [5, 5.41) is 4.64. The fourth-order valence-electron chi connectivity index (χ4n) is 2.77. The minimum absolute atomic E-state index is 0.171. The smallest absolute Gasteiger partial charge is 0.171 e. The molecular weight excluding hydrogens is 320 g/mol. The van der Waals surface area contributed by atoms with E-state index in [1.807, 2.05) is 24.3 Å². The van der Waals surface area contributed by atoms with Gasteiger partial charge in [0.25, 0.3) is 0 Å². The lowest BCUT2D eigenvalue weighted by Crippen LogP contribution is -2.49. The third-order valence-corrected chi connectivity index (χ3v) is 6.13. The normalized spacial score (nSPS) is 21.9. The predicted molar refractivity (Wildman–Crippen MR) is 89.3 cm³/mol. The summed E-state index contributed by atoms with van der Waals surface area (Å²) in [5.74, 6) is 1.50. The van der Waals surface area contributed by atoms with Crippen LogP contribution in [-0.4, -0.2) is 37.9 Å². The van der Waals surface area contributed by atoms with Gasteiger partial charge in [-0.2, -0.15) is 0 Å². The van der Waals surface area contributed by atoms with E-state index in [-0.39, 0.29) is 4.75 Å². The van der Waals surface area contributed by atoms with Gasteiger partial charge in [-0.1, -0.05) is 16.8 Å². The molecule has 1 aromatic carbocycles. The number of nitrogens with zero attached hydrogens (tertiary/aromatic N) is 2. The molecule has 0 radical (unpaired) electrons. The largest absolute Gasteiger partial charge is 0.356 e. The molecule has 0 unspecified atom stereocenters. The van der Waals surface area contributed by atoms with Crippen molar-refractivity contribution in [2.75, 3.05) is 18.8 Å². The Labute approximate surface area is 137 Å². The van der Waals surface area contributed by atoms with Gasteiger partial charge in [0.2, 0.25) is 0 Å². The molecule has 0 aliphatic carbocycles. The van der Waals surface area contributed by atoms with E-state index < -0.39 is 10.8 Å². The van der Waals surface area contributed by atoms with E-state index in [1.54, 1.807) is 6.20 Å². The first-order valence-electron chi connectivity index (χ1n) is 7.26. The zero-order valence-electron chi connectivity index (χ0n) is 12.7. The quantitative estimate of drug-likeness (QED) is 0.861. The molecule has 1 fully saturated rings. The minimum Gasteiger partial charge on any atom is -0.356 e. The van der Waals surface area contributed by atoms with E-state index in [2.05, 4.69) is 23.9 Å². The Balaban J connectivity index is 1.78. The molecule has 2 heterocycles. The van der Waals surface area contributed by atoms with Crippen molar-refractivity contribution in [1.82, 2.24) is 10.1 Å². The Kier molecular flexibility index (Phi) is 4.39. The zero-order chi connectivity index (χ0) is 15.7. The fraction of sp³-hybridized carbons (Fsp3) is 0.438. The average molecular weight is 339 g/mol. The maximum atomic E-state index is 12.0. The maximum Gasteiger partial charge on any atom is 0.171 e. The highest BCUT2D eigenvalue weighted by atomic mass is 35.5. The molecule has 2 aromatic rings. The predicted octanol–water partition coefficient (Wildman–Crippen LogP) is 3.34. The summed E-state index contributed by atoms with van der Waals surface area (Å²) in [5.41, 5.74) is 2.02. The lowest BCUT2D eigenvalue weighted by atomic mass is 10.1. The van der Waals surface area contributed by atoms with Crippen molar-refractivity contribution < 1.29 is 8.73 Å². The van der Waals surface area contributed by atoms with E-state index in [4.69, 9.17) is 16.1 Å². The molecular formula is C16H19ClN2O2S. The molecule has 1 aliphatic rings. The van der Waals surface area contributed by atoms with E-state index in [1.165, 1.54) is 0 Å². The monoisotopic (exact) mass is 338 g/mol. The van der Waals surface area contributed by atoms with Crippen molar-refractivity contribution in [2.24, 2.45) is 0 Å². The molecule has 3 rings (SSSR count). The number of hydrogen-bond acceptors (Lipinski definition) is 4. The van der Waals surface area contributed by atoms with E-state index in [0.29, 0.717) is 10.8 Å². The van der Waals surface area contributed by atoms with Gasteiger partial charge in [-0.05, 0) is 38.1 Å². The fourth-order valence-corrected chi connectivity index (χ4v) is 4.19. The van der Waals surface area contributed by atoms with Gasteiger partial charge in [-0.25, -0.2) is 0 Å². The Morgan fingerprint density at radius 2 is 2.09 bits per heavy atom. The van der Waals surface area contributed by atoms with Gasteiger partial charge in [0.15, 0.2) is 5.76 Å². The molecule has 4 nitrogen and oxygen atoms in total. The molecule has 0 amide bonds. The van der Waals surface area contributed by atoms with Gasteiger partial charge >= 0.3 is 0 Å². The van der Waals surface area contributed by atoms with Crippen LogP contribution < -0.4 is 0 Å². The molecule has 6 heteroatoms. The number of hydrogen-bond donors (Lipinski definition) is 0. The summed E-state index contributed by atoms with van der Waals surface area (Å²) in [6.45, 7) is 6.51. The van der Waals surface area contributed by atoms with Crippen LogP contribution in [0.1, 0.15) is 19.4 Å². The number of aromatic nitrogens is 1. The van der Waals surface area contributed by atoms with Crippen LogP contribution in [0.3, 0.4) is 0 Å². The highest BCUT2D eigenvalue weighted by Gasteiger charge is 2.33. The number of rotatable bonds is 3. The summed E-state index contributed by atoms with van der Waals surface area (Å²) in [7, 11) is -0.759. The Morgan fingerprint density at radius 1 is 1.36 bits per heavy atom. The van der Waals surface area contributed by atoms with Gasteiger partial charge in [-0.15, -0.1) is 0 Å². The van der Waals surface area contributed by atoms with Crippen molar-refractivity contribution in [3.8, 4) is 11.3 Å². The standard InChI is InChI=1S/C16H19ClN2O2S/c1-16(2)11-19(7-8-22(16)20)10-13-9-18-21-15(13)12-3-5-14(17)6-4-12/h3-6,9H,7-8,10-11H2,1-2H3/t22-/m0/s1. The Hall–Kier alpha value is -1.17. The summed E-state index contributed by atoms with van der Waals surface area (Å²) in [6.07, 6.45) is 1.77. The van der Waals surface area contributed by atoms with Crippen LogP contribution in [0.25, 0.3) is 11.3 Å². The van der Waals surface area contributed by atoms with Crippen LogP contribution >= 0.6 is 11.6 Å². The molecule has 0 spiro atoms. The van der Waals surface area contributed by atoms with Crippen LogP contribution in [0.5, 0.6) is 0 Å². The molecule has 1 aromatic heterocycles. The van der Waals surface area contributed by atoms with Gasteiger partial charge in [0.1, 0.15) is 0 Å². The highest BCUT2D eigenvalue weighted by molar-refractivity contribution is 7.86. The maximum absolute atomic E-state index is 12.0. The van der Waals surface area contributed by atoms with Gasteiger partial charge < -0.3 is 4.52 Å². The second-order valence-corrected chi connectivity index (χ2v) is 8.85. The van der Waals surface area contributed by atoms with Crippen LogP contribution in [0.4, 0.5) is 0 Å². The molecule has 22 heavy (non-hydrogen) atoms. The molecule has 0 saturated carbocycles. The van der Waals surface area contributed by atoms with Crippen molar-refractivity contribution in [1.29, 1.82) is 0 Å². The first-order chi connectivity index (χ1) is 10.5. The van der Waals surface area contributed by atoms with Crippen LogP contribution in [0.15, 0.2) is 35.0 Å². The Morgan fingerprint density at radius 3 is 2.77 bits per heavy atom. The molecule has 1 aliphatic heterocycles. The van der Waals surface area contributed by atoms with Crippen molar-refractivity contribution in [3.05, 3.63) is 41.0 Å². The SMILES string of the molecule is CC1(C)CN(Cc2cnoc2-c2ccc(Cl)cc2)CC[S@@]1=O. The second kappa shape index (κ2) is 6.14. The summed E-state index contributed by atoms with van der Waals surface area (Å²) >= 11 is 5.93. The van der Waals surface area contributed by atoms with Crippen molar-refractivity contribution >= 4 is 22.4 Å². The first kappa shape index (κ1) is 15.7. The molecule has 1 atom stereocenters. The van der Waals surface area contributed by atoms with E-state index in [9.17, 15) is 4.21 Å². The number of benzene rings is 1. The number of halogens is 1. The van der Waals surface area contributed by atoms with Crippen molar-refractivity contribution in [3.63, 3.8) is 0 Å². The Bertz CT molecular complexity index is 682. The molecule has 1 saturated heterocycles. The molecule has 118 valence electrons. The third-order valence-electron chi connectivity index (χ3n) is 3.96. The molecule has 0 bridgehead atoms. The second-order valence-electron chi connectivity index (χ2n) is 6.21. The van der Waals surface area contributed by atoms with Crippen LogP contribution in [-0.2, 0) is 17.3 Å². The van der Waals surface area contributed by atoms with Gasteiger partial charge in [-0.3, -0.25) is 9.11 Å². The summed E-state index contributed by atoms with van der Waals surface area (Å²) < 4.78 is 17.3. The van der Waals surface area contributed by atoms with Crippen molar-refractivity contribution in [2.45, 2.75) is 25.1 Å². The van der Waals surface area contributed by atoms with E-state index >= 15 is 0 Å². The third kappa shape index (κ3) is 3.26. The lowest BCUT2D eigenvalue weighted by molar-refractivity contribution is 0.247. The average Bonchev–Trinajstić information content (AvgIpc) is 2.92. The first-order valence-corrected chi connectivity index (χ1v) is 8.96. The topological polar surface area (TPSA) is 46.3 Å². The highest BCUT2D eigenvalue weighted by Crippen LogP contribution is 2.28. The van der Waals surface area contributed by atoms with Crippen LogP contribution in [0.2, 0.25) is 5.02 Å². The zero-order valence-corrected chi connectivity index (χ0v) is 14.3. The van der Waals surface area contributed by atoms with Gasteiger partial charge in [0.05, 0.1) is 10.9 Å². The summed E-state index contributed by atoms with van der Waals surface area (Å²) in [4.78, 5) is 2.31. The lowest BCUT2D eigenvalue weighted by Gasteiger charge is -2.37. The van der Waals surface area contributed by atoms with E-state index in [0.717, 1.165) is 36.5 Å². The van der Waals surface area contributed by atoms with Crippen LogP contribution in [0, 0.1) is 0 Å². The summed E-state index contributed by atoms with van der Waals surface area (Å²) in [6, 6.07) is 7.55.